The number of nitrogens with one attached hydrogen (secondary N) is 1. The first-order chi connectivity index (χ1) is 16.6. The van der Waals surface area contributed by atoms with E-state index in [0.29, 0.717) is 44.7 Å². The van der Waals surface area contributed by atoms with Crippen molar-refractivity contribution in [3.05, 3.63) is 54.3 Å². The van der Waals surface area contributed by atoms with Crippen molar-refractivity contribution in [2.45, 2.75) is 22.6 Å². The van der Waals surface area contributed by atoms with E-state index in [1.165, 1.54) is 45.0 Å². The smallest absolute Gasteiger partial charge is 0.243 e. The molecule has 1 amide bonds. The highest BCUT2D eigenvalue weighted by Crippen LogP contribution is 2.26. The van der Waals surface area contributed by atoms with Gasteiger partial charge in [0.25, 0.3) is 0 Å². The van der Waals surface area contributed by atoms with E-state index in [4.69, 9.17) is 0 Å². The van der Waals surface area contributed by atoms with Gasteiger partial charge in [-0.3, -0.25) is 4.79 Å². The Balaban J connectivity index is 1.40. The number of hydrogen-bond donors (Lipinski definition) is 1. The maximum atomic E-state index is 13.2. The van der Waals surface area contributed by atoms with E-state index in [2.05, 4.69) is 10.2 Å². The second-order valence-electron chi connectivity index (χ2n) is 8.88. The minimum atomic E-state index is -3.84. The Morgan fingerprint density at radius 1 is 0.829 bits per heavy atom. The molecule has 1 unspecified atom stereocenters. The number of halogens is 1. The number of amides is 1. The van der Waals surface area contributed by atoms with E-state index in [0.717, 1.165) is 12.1 Å². The van der Waals surface area contributed by atoms with Crippen LogP contribution in [0.15, 0.2) is 58.3 Å². The number of hydrogen-bond acceptors (Lipinski definition) is 6. The van der Waals surface area contributed by atoms with Gasteiger partial charge in [0, 0.05) is 45.0 Å². The van der Waals surface area contributed by atoms with Gasteiger partial charge >= 0.3 is 0 Å². The van der Waals surface area contributed by atoms with Crippen LogP contribution < -0.4 is 5.32 Å². The summed E-state index contributed by atoms with van der Waals surface area (Å²) in [6.07, 6.45) is 1.04. The first kappa shape index (κ1) is 25.7. The molecule has 2 aliphatic heterocycles. The van der Waals surface area contributed by atoms with Crippen molar-refractivity contribution in [2.75, 3.05) is 51.6 Å². The summed E-state index contributed by atoms with van der Waals surface area (Å²) in [6.45, 7) is 2.49. The van der Waals surface area contributed by atoms with Crippen molar-refractivity contribution in [3.63, 3.8) is 0 Å². The molecule has 2 aromatic rings. The number of rotatable bonds is 6. The number of sulfonamides is 2. The maximum Gasteiger partial charge on any atom is 0.243 e. The standard InChI is InChI=1S/C23H29FN4O5S2/c1-26-13-15-27(16-14-26)34(30,31)22-10-6-20(7-11-22)25-23(29)18-3-2-12-28(17-18)35(32,33)21-8-4-19(24)5-9-21/h4-11,18H,2-3,12-17H2,1H3,(H,25,29). The van der Waals surface area contributed by atoms with Gasteiger partial charge in [-0.15, -0.1) is 0 Å². The summed E-state index contributed by atoms with van der Waals surface area (Å²) in [7, 11) is -5.50. The van der Waals surface area contributed by atoms with E-state index in [-0.39, 0.29) is 28.8 Å². The van der Waals surface area contributed by atoms with E-state index in [1.807, 2.05) is 7.05 Å². The van der Waals surface area contributed by atoms with Crippen molar-refractivity contribution in [3.8, 4) is 0 Å². The van der Waals surface area contributed by atoms with Gasteiger partial charge in [-0.1, -0.05) is 0 Å². The van der Waals surface area contributed by atoms with Crippen LogP contribution in [0.1, 0.15) is 12.8 Å². The maximum absolute atomic E-state index is 13.2. The predicted octanol–water partition coefficient (Wildman–Crippen LogP) is 1.80. The molecule has 190 valence electrons. The van der Waals surface area contributed by atoms with Crippen LogP contribution in [0.25, 0.3) is 0 Å². The Labute approximate surface area is 205 Å². The van der Waals surface area contributed by atoms with Gasteiger partial charge in [0.1, 0.15) is 5.82 Å². The summed E-state index contributed by atoms with van der Waals surface area (Å²) in [6, 6.07) is 10.6. The summed E-state index contributed by atoms with van der Waals surface area (Å²) in [5.74, 6) is -1.42. The fourth-order valence-corrected chi connectivity index (χ4v) is 7.21. The Hall–Kier alpha value is -2.38. The van der Waals surface area contributed by atoms with Crippen molar-refractivity contribution in [2.24, 2.45) is 5.92 Å². The van der Waals surface area contributed by atoms with Gasteiger partial charge in [0.2, 0.25) is 26.0 Å². The Morgan fingerprint density at radius 2 is 1.37 bits per heavy atom. The van der Waals surface area contributed by atoms with E-state index in [9.17, 15) is 26.0 Å². The summed E-state index contributed by atoms with van der Waals surface area (Å²) in [4.78, 5) is 15.1. The molecule has 2 heterocycles. The lowest BCUT2D eigenvalue weighted by molar-refractivity contribution is -0.120. The number of nitrogens with zero attached hydrogens (tertiary/aromatic N) is 3. The molecule has 2 fully saturated rings. The molecule has 1 N–H and O–H groups in total. The summed E-state index contributed by atoms with van der Waals surface area (Å²) < 4.78 is 67.5. The second kappa shape index (κ2) is 10.3. The van der Waals surface area contributed by atoms with Gasteiger partial charge in [-0.25, -0.2) is 21.2 Å². The fraction of sp³-hybridized carbons (Fsp3) is 0.435. The largest absolute Gasteiger partial charge is 0.326 e. The van der Waals surface area contributed by atoms with Crippen LogP contribution in [0.2, 0.25) is 0 Å². The highest BCUT2D eigenvalue weighted by molar-refractivity contribution is 7.89. The zero-order valence-electron chi connectivity index (χ0n) is 19.4. The Morgan fingerprint density at radius 3 is 1.97 bits per heavy atom. The summed E-state index contributed by atoms with van der Waals surface area (Å²) >= 11 is 0. The third-order valence-electron chi connectivity index (χ3n) is 6.43. The number of carbonyl (C=O) groups is 1. The van der Waals surface area contributed by atoms with Gasteiger partial charge in [-0.05, 0) is 68.4 Å². The van der Waals surface area contributed by atoms with Crippen LogP contribution in [0.5, 0.6) is 0 Å². The van der Waals surface area contributed by atoms with Gasteiger partial charge in [0.05, 0.1) is 15.7 Å². The molecule has 1 atom stereocenters. The molecule has 2 aliphatic rings. The van der Waals surface area contributed by atoms with Crippen molar-refractivity contribution in [1.82, 2.24) is 13.5 Å². The molecular weight excluding hydrogens is 495 g/mol. The predicted molar refractivity (Wildman–Crippen MR) is 129 cm³/mol. The van der Waals surface area contributed by atoms with Gasteiger partial charge in [-0.2, -0.15) is 8.61 Å². The molecule has 35 heavy (non-hydrogen) atoms. The van der Waals surface area contributed by atoms with E-state index in [1.54, 1.807) is 0 Å². The molecule has 0 radical (unpaired) electrons. The number of likely N-dealkylation sites (N-methyl/N-ethyl adjacent to an activating group) is 1. The number of piperazine rings is 1. The van der Waals surface area contributed by atoms with E-state index < -0.39 is 31.8 Å². The Kier molecular flexibility index (Phi) is 7.57. The minimum absolute atomic E-state index is 0.0153. The van der Waals surface area contributed by atoms with E-state index >= 15 is 0 Å². The molecule has 2 saturated heterocycles. The number of anilines is 1. The molecule has 4 rings (SSSR count). The Bertz CT molecular complexity index is 1260. The zero-order chi connectivity index (χ0) is 25.2. The molecule has 0 aromatic heterocycles. The molecule has 0 bridgehead atoms. The van der Waals surface area contributed by atoms with Crippen LogP contribution in [-0.2, 0) is 24.8 Å². The van der Waals surface area contributed by atoms with Crippen LogP contribution in [-0.4, -0.2) is 82.6 Å². The lowest BCUT2D eigenvalue weighted by Gasteiger charge is -2.31. The SMILES string of the molecule is CN1CCN(S(=O)(=O)c2ccc(NC(=O)C3CCCN(S(=O)(=O)c4ccc(F)cc4)C3)cc2)CC1. The lowest BCUT2D eigenvalue weighted by Crippen LogP contribution is -2.47. The van der Waals surface area contributed by atoms with Crippen LogP contribution in [0, 0.1) is 11.7 Å². The first-order valence-electron chi connectivity index (χ1n) is 11.4. The van der Waals surface area contributed by atoms with Crippen LogP contribution >= 0.6 is 0 Å². The van der Waals surface area contributed by atoms with Gasteiger partial charge in [0.15, 0.2) is 0 Å². The quantitative estimate of drug-likeness (QED) is 0.618. The first-order valence-corrected chi connectivity index (χ1v) is 14.3. The highest BCUT2D eigenvalue weighted by Gasteiger charge is 2.33. The lowest BCUT2D eigenvalue weighted by atomic mass is 9.99. The van der Waals surface area contributed by atoms with Crippen LogP contribution in [0.3, 0.4) is 0 Å². The molecule has 0 saturated carbocycles. The molecule has 9 nitrogen and oxygen atoms in total. The van der Waals surface area contributed by atoms with Crippen molar-refractivity contribution < 1.29 is 26.0 Å². The number of piperidine rings is 1. The fourth-order valence-electron chi connectivity index (χ4n) is 4.26. The second-order valence-corrected chi connectivity index (χ2v) is 12.8. The monoisotopic (exact) mass is 524 g/mol. The molecular formula is C23H29FN4O5S2. The zero-order valence-corrected chi connectivity index (χ0v) is 21.1. The molecule has 0 spiro atoms. The average molecular weight is 525 g/mol. The van der Waals surface area contributed by atoms with Crippen molar-refractivity contribution in [1.29, 1.82) is 0 Å². The number of benzene rings is 2. The molecule has 0 aliphatic carbocycles. The van der Waals surface area contributed by atoms with Gasteiger partial charge < -0.3 is 10.2 Å². The molecule has 2 aromatic carbocycles. The highest BCUT2D eigenvalue weighted by atomic mass is 32.2. The third-order valence-corrected chi connectivity index (χ3v) is 10.2. The minimum Gasteiger partial charge on any atom is -0.326 e. The summed E-state index contributed by atoms with van der Waals surface area (Å²) in [5, 5.41) is 2.77. The topological polar surface area (TPSA) is 107 Å². The third kappa shape index (κ3) is 5.72. The number of carbonyl (C=O) groups excluding carboxylic acids is 1. The normalized spacial score (nSPS) is 21.0. The van der Waals surface area contributed by atoms with Crippen LogP contribution in [0.4, 0.5) is 10.1 Å². The summed E-state index contributed by atoms with van der Waals surface area (Å²) in [5.41, 5.74) is 0.436. The average Bonchev–Trinajstić information content (AvgIpc) is 2.85. The van der Waals surface area contributed by atoms with Crippen molar-refractivity contribution >= 4 is 31.6 Å². The molecule has 12 heteroatoms.